The summed E-state index contributed by atoms with van der Waals surface area (Å²) in [4.78, 5) is 21.9. The van der Waals surface area contributed by atoms with Gasteiger partial charge in [-0.05, 0) is 31.5 Å². The molecule has 2 aromatic rings. The quantitative estimate of drug-likeness (QED) is 0.526. The fourth-order valence-corrected chi connectivity index (χ4v) is 1.69. The van der Waals surface area contributed by atoms with E-state index in [9.17, 15) is 9.59 Å². The van der Waals surface area contributed by atoms with Gasteiger partial charge in [0, 0.05) is 5.39 Å². The van der Waals surface area contributed by atoms with Gasteiger partial charge in [0.25, 0.3) is 0 Å². The van der Waals surface area contributed by atoms with Crippen LogP contribution in [0.1, 0.15) is 21.5 Å². The summed E-state index contributed by atoms with van der Waals surface area (Å²) in [6, 6.07) is 5.39. The van der Waals surface area contributed by atoms with Gasteiger partial charge in [-0.1, -0.05) is 11.6 Å². The van der Waals surface area contributed by atoms with Crippen LogP contribution in [0.3, 0.4) is 0 Å². The van der Waals surface area contributed by atoms with Crippen molar-refractivity contribution in [1.82, 2.24) is 0 Å². The summed E-state index contributed by atoms with van der Waals surface area (Å²) in [7, 11) is 0. The maximum absolute atomic E-state index is 11.3. The molecule has 0 atom stereocenters. The SMILES string of the molecule is Cc1cc(C)c2oc(=O)c(C=O)cc2c1. The molecule has 1 aromatic carbocycles. The Hall–Kier alpha value is -1.90. The van der Waals surface area contributed by atoms with Crippen LogP contribution in [-0.4, -0.2) is 6.29 Å². The molecule has 76 valence electrons. The molecule has 0 fully saturated rings. The first-order valence-corrected chi connectivity index (χ1v) is 4.62. The van der Waals surface area contributed by atoms with Gasteiger partial charge in [0.05, 0.1) is 0 Å². The van der Waals surface area contributed by atoms with E-state index in [-0.39, 0.29) is 5.56 Å². The summed E-state index contributed by atoms with van der Waals surface area (Å²) in [6.07, 6.45) is 0.517. The minimum atomic E-state index is -0.579. The van der Waals surface area contributed by atoms with E-state index in [1.54, 1.807) is 6.07 Å². The zero-order chi connectivity index (χ0) is 11.0. The van der Waals surface area contributed by atoms with Crippen molar-refractivity contribution in [3.8, 4) is 0 Å². The molecular formula is C12H10O3. The van der Waals surface area contributed by atoms with Crippen LogP contribution in [-0.2, 0) is 0 Å². The topological polar surface area (TPSA) is 47.3 Å². The molecule has 0 saturated heterocycles. The van der Waals surface area contributed by atoms with Crippen molar-refractivity contribution in [3.05, 3.63) is 45.3 Å². The van der Waals surface area contributed by atoms with Gasteiger partial charge in [0.2, 0.25) is 0 Å². The van der Waals surface area contributed by atoms with Gasteiger partial charge in [-0.25, -0.2) is 4.79 Å². The average molecular weight is 202 g/mol. The van der Waals surface area contributed by atoms with E-state index in [0.717, 1.165) is 16.5 Å². The highest BCUT2D eigenvalue weighted by Gasteiger charge is 2.06. The molecule has 0 amide bonds. The van der Waals surface area contributed by atoms with Crippen LogP contribution in [0.5, 0.6) is 0 Å². The third kappa shape index (κ3) is 1.56. The second kappa shape index (κ2) is 3.35. The van der Waals surface area contributed by atoms with E-state index in [1.165, 1.54) is 0 Å². The largest absolute Gasteiger partial charge is 0.422 e. The fraction of sp³-hybridized carbons (Fsp3) is 0.167. The molecule has 15 heavy (non-hydrogen) atoms. The third-order valence-corrected chi connectivity index (χ3v) is 2.32. The molecule has 0 unspecified atom stereocenters. The molecule has 0 radical (unpaired) electrons. The Morgan fingerprint density at radius 1 is 1.20 bits per heavy atom. The van der Waals surface area contributed by atoms with Gasteiger partial charge in [0.1, 0.15) is 11.1 Å². The number of hydrogen-bond donors (Lipinski definition) is 0. The van der Waals surface area contributed by atoms with Crippen molar-refractivity contribution >= 4 is 17.3 Å². The van der Waals surface area contributed by atoms with E-state index >= 15 is 0 Å². The van der Waals surface area contributed by atoms with Crippen LogP contribution in [0, 0.1) is 13.8 Å². The van der Waals surface area contributed by atoms with E-state index in [1.807, 2.05) is 26.0 Å². The summed E-state index contributed by atoms with van der Waals surface area (Å²) in [5, 5.41) is 0.786. The van der Waals surface area contributed by atoms with Gasteiger partial charge in [-0.3, -0.25) is 4.79 Å². The Balaban J connectivity index is 2.93. The Kier molecular flexibility index (Phi) is 2.15. The first-order valence-electron chi connectivity index (χ1n) is 4.62. The number of benzene rings is 1. The van der Waals surface area contributed by atoms with Crippen molar-refractivity contribution in [2.24, 2.45) is 0 Å². The van der Waals surface area contributed by atoms with Crippen LogP contribution in [0.4, 0.5) is 0 Å². The molecule has 0 aliphatic rings. The molecule has 0 saturated carbocycles. The molecular weight excluding hydrogens is 192 g/mol. The van der Waals surface area contributed by atoms with Crippen molar-refractivity contribution in [1.29, 1.82) is 0 Å². The first kappa shape index (κ1) is 9.65. The van der Waals surface area contributed by atoms with E-state index in [2.05, 4.69) is 0 Å². The van der Waals surface area contributed by atoms with Crippen molar-refractivity contribution in [2.45, 2.75) is 13.8 Å². The van der Waals surface area contributed by atoms with Crippen molar-refractivity contribution < 1.29 is 9.21 Å². The normalized spacial score (nSPS) is 10.5. The number of aldehydes is 1. The molecule has 1 heterocycles. The zero-order valence-corrected chi connectivity index (χ0v) is 8.53. The van der Waals surface area contributed by atoms with Gasteiger partial charge in [0.15, 0.2) is 6.29 Å². The molecule has 3 heteroatoms. The lowest BCUT2D eigenvalue weighted by atomic mass is 10.1. The number of carbonyl (C=O) groups is 1. The highest BCUT2D eigenvalue weighted by Crippen LogP contribution is 2.19. The predicted octanol–water partition coefficient (Wildman–Crippen LogP) is 2.22. The van der Waals surface area contributed by atoms with Crippen LogP contribution in [0.15, 0.2) is 27.4 Å². The highest BCUT2D eigenvalue weighted by molar-refractivity contribution is 5.86. The second-order valence-corrected chi connectivity index (χ2v) is 3.61. The van der Waals surface area contributed by atoms with Crippen LogP contribution in [0.25, 0.3) is 11.0 Å². The van der Waals surface area contributed by atoms with E-state index in [0.29, 0.717) is 11.9 Å². The highest BCUT2D eigenvalue weighted by atomic mass is 16.4. The first-order chi connectivity index (χ1) is 7.11. The number of aryl methyl sites for hydroxylation is 2. The molecule has 1 aromatic heterocycles. The molecule has 0 bridgehead atoms. The number of carbonyl (C=O) groups excluding carboxylic acids is 1. The second-order valence-electron chi connectivity index (χ2n) is 3.61. The van der Waals surface area contributed by atoms with Crippen LogP contribution >= 0.6 is 0 Å². The Bertz CT molecular complexity index is 594. The molecule has 0 spiro atoms. The van der Waals surface area contributed by atoms with Gasteiger partial charge in [-0.2, -0.15) is 0 Å². The van der Waals surface area contributed by atoms with Crippen LogP contribution < -0.4 is 5.63 Å². The summed E-state index contributed by atoms with van der Waals surface area (Å²) in [5.74, 6) is 0. The molecule has 2 rings (SSSR count). The third-order valence-electron chi connectivity index (χ3n) is 2.32. The van der Waals surface area contributed by atoms with E-state index in [4.69, 9.17) is 4.42 Å². The lowest BCUT2D eigenvalue weighted by Gasteiger charge is -2.02. The smallest absolute Gasteiger partial charge is 0.346 e. The van der Waals surface area contributed by atoms with Crippen LogP contribution in [0.2, 0.25) is 0 Å². The maximum Gasteiger partial charge on any atom is 0.346 e. The Morgan fingerprint density at radius 3 is 2.60 bits per heavy atom. The monoisotopic (exact) mass is 202 g/mol. The summed E-state index contributed by atoms with van der Waals surface area (Å²) >= 11 is 0. The fourth-order valence-electron chi connectivity index (χ4n) is 1.69. The lowest BCUT2D eigenvalue weighted by molar-refractivity contribution is 0.112. The minimum absolute atomic E-state index is 0.0625. The number of rotatable bonds is 1. The van der Waals surface area contributed by atoms with Crippen molar-refractivity contribution in [2.75, 3.05) is 0 Å². The minimum Gasteiger partial charge on any atom is -0.422 e. The van der Waals surface area contributed by atoms with Crippen molar-refractivity contribution in [3.63, 3.8) is 0 Å². The zero-order valence-electron chi connectivity index (χ0n) is 8.53. The molecule has 3 nitrogen and oxygen atoms in total. The summed E-state index contributed by atoms with van der Waals surface area (Å²) in [6.45, 7) is 3.83. The Morgan fingerprint density at radius 2 is 1.93 bits per heavy atom. The molecule has 0 aliphatic carbocycles. The standard InChI is InChI=1S/C12H10O3/c1-7-3-8(2)11-9(4-7)5-10(6-13)12(14)15-11/h3-6H,1-2H3. The lowest BCUT2D eigenvalue weighted by Crippen LogP contribution is -2.06. The van der Waals surface area contributed by atoms with E-state index < -0.39 is 5.63 Å². The number of fused-ring (bicyclic) bond motifs is 1. The van der Waals surface area contributed by atoms with Gasteiger partial charge >= 0.3 is 5.63 Å². The summed E-state index contributed by atoms with van der Waals surface area (Å²) < 4.78 is 5.08. The average Bonchev–Trinajstić information content (AvgIpc) is 2.18. The maximum atomic E-state index is 11.3. The molecule has 0 aliphatic heterocycles. The van der Waals surface area contributed by atoms with Gasteiger partial charge in [-0.15, -0.1) is 0 Å². The Labute approximate surface area is 86.3 Å². The molecule has 0 N–H and O–H groups in total. The summed E-state index contributed by atoms with van der Waals surface area (Å²) in [5.41, 5.74) is 2.01. The number of hydrogen-bond acceptors (Lipinski definition) is 3. The predicted molar refractivity (Wildman–Crippen MR) is 57.3 cm³/mol. The van der Waals surface area contributed by atoms with Gasteiger partial charge < -0.3 is 4.42 Å².